The first-order chi connectivity index (χ1) is 12.4. The fraction of sp³-hybridized carbons (Fsp3) is 0.478. The molecule has 4 unspecified atom stereocenters. The Labute approximate surface area is 151 Å². The number of benzene rings is 2. The van der Waals surface area contributed by atoms with Crippen LogP contribution in [-0.2, 0) is 0 Å². The largest absolute Gasteiger partial charge is 0.395 e. The molecule has 25 heavy (non-hydrogen) atoms. The van der Waals surface area contributed by atoms with E-state index in [1.165, 1.54) is 36.8 Å². The van der Waals surface area contributed by atoms with Crippen LogP contribution in [0.5, 0.6) is 0 Å². The first-order valence-electron chi connectivity index (χ1n) is 9.85. The molecule has 0 aromatic heterocycles. The van der Waals surface area contributed by atoms with Gasteiger partial charge in [0.05, 0.1) is 6.61 Å². The minimum Gasteiger partial charge on any atom is -0.395 e. The molecule has 2 nitrogen and oxygen atoms in total. The molecule has 1 heterocycles. The van der Waals surface area contributed by atoms with Crippen LogP contribution >= 0.6 is 0 Å². The minimum atomic E-state index is 0.253. The van der Waals surface area contributed by atoms with Crippen LogP contribution in [0.3, 0.4) is 0 Å². The molecule has 2 aliphatic rings. The Hall–Kier alpha value is -1.64. The highest BCUT2D eigenvalue weighted by atomic mass is 16.3. The van der Waals surface area contributed by atoms with Crippen molar-refractivity contribution in [1.82, 2.24) is 4.90 Å². The van der Waals surface area contributed by atoms with Gasteiger partial charge in [0.2, 0.25) is 0 Å². The number of aliphatic hydroxyl groups excluding tert-OH is 1. The summed E-state index contributed by atoms with van der Waals surface area (Å²) >= 11 is 0. The van der Waals surface area contributed by atoms with Crippen LogP contribution in [-0.4, -0.2) is 29.2 Å². The highest BCUT2D eigenvalue weighted by Gasteiger charge is 2.44. The van der Waals surface area contributed by atoms with Crippen LogP contribution < -0.4 is 0 Å². The lowest BCUT2D eigenvalue weighted by Gasteiger charge is -2.52. The molecule has 1 saturated carbocycles. The molecule has 2 aromatic rings. The highest BCUT2D eigenvalue weighted by Crippen LogP contribution is 2.50. The number of hydrogen-bond donors (Lipinski definition) is 1. The topological polar surface area (TPSA) is 23.5 Å². The molecule has 0 spiro atoms. The van der Waals surface area contributed by atoms with Crippen LogP contribution in [0.15, 0.2) is 60.7 Å². The van der Waals surface area contributed by atoms with Crippen molar-refractivity contribution in [1.29, 1.82) is 0 Å². The number of piperidine rings is 1. The van der Waals surface area contributed by atoms with E-state index in [4.69, 9.17) is 0 Å². The van der Waals surface area contributed by atoms with E-state index in [1.54, 1.807) is 0 Å². The van der Waals surface area contributed by atoms with Gasteiger partial charge in [-0.3, -0.25) is 4.90 Å². The van der Waals surface area contributed by atoms with Gasteiger partial charge in [0, 0.05) is 18.6 Å². The maximum Gasteiger partial charge on any atom is 0.0558 e. The average molecular weight is 335 g/mol. The summed E-state index contributed by atoms with van der Waals surface area (Å²) < 4.78 is 0. The Morgan fingerprint density at radius 1 is 0.840 bits per heavy atom. The van der Waals surface area contributed by atoms with Gasteiger partial charge in [0.1, 0.15) is 0 Å². The first-order valence-corrected chi connectivity index (χ1v) is 9.85. The molecule has 0 amide bonds. The quantitative estimate of drug-likeness (QED) is 0.870. The molecule has 2 fully saturated rings. The Morgan fingerprint density at radius 2 is 1.48 bits per heavy atom. The fourth-order valence-corrected chi connectivity index (χ4v) is 5.33. The van der Waals surface area contributed by atoms with Gasteiger partial charge < -0.3 is 5.11 Å². The Balaban J connectivity index is 1.72. The molecular formula is C23H29NO. The third-order valence-electron chi connectivity index (χ3n) is 6.37. The molecule has 2 heteroatoms. The summed E-state index contributed by atoms with van der Waals surface area (Å²) in [6, 6.07) is 23.1. The number of likely N-dealkylation sites (tertiary alicyclic amines) is 1. The fourth-order valence-electron chi connectivity index (χ4n) is 5.33. The molecule has 4 rings (SSSR count). The molecule has 132 valence electrons. The van der Waals surface area contributed by atoms with Crippen LogP contribution in [0, 0.1) is 5.92 Å². The maximum atomic E-state index is 9.71. The van der Waals surface area contributed by atoms with E-state index in [1.807, 2.05) is 0 Å². The predicted molar refractivity (Wildman–Crippen MR) is 103 cm³/mol. The van der Waals surface area contributed by atoms with Crippen LogP contribution in [0.2, 0.25) is 0 Å². The number of β-amino-alcohol motifs (C(OH)–C–C–N with tert-alkyl or cyclic N) is 1. The van der Waals surface area contributed by atoms with Gasteiger partial charge in [-0.1, -0.05) is 73.5 Å². The van der Waals surface area contributed by atoms with Crippen molar-refractivity contribution < 1.29 is 5.11 Å². The first kappa shape index (κ1) is 16.8. The van der Waals surface area contributed by atoms with Crippen molar-refractivity contribution in [2.75, 3.05) is 13.2 Å². The molecule has 1 N–H and O–H groups in total. The van der Waals surface area contributed by atoms with Crippen LogP contribution in [0.4, 0.5) is 0 Å². The van der Waals surface area contributed by atoms with Crippen molar-refractivity contribution in [3.8, 4) is 0 Å². The van der Waals surface area contributed by atoms with Gasteiger partial charge in [-0.2, -0.15) is 0 Å². The molecular weight excluding hydrogens is 306 g/mol. The van der Waals surface area contributed by atoms with Gasteiger partial charge in [-0.25, -0.2) is 0 Å². The van der Waals surface area contributed by atoms with Crippen molar-refractivity contribution in [3.63, 3.8) is 0 Å². The standard InChI is InChI=1S/C23H29NO/c25-16-15-24-22-14-8-7-13-20(22)21(18-9-3-1-4-10-18)17-23(24)19-11-5-2-6-12-19/h1-6,9-12,20-23,25H,7-8,13-17H2. The zero-order chi connectivity index (χ0) is 17.1. The Morgan fingerprint density at radius 3 is 2.16 bits per heavy atom. The lowest BCUT2D eigenvalue weighted by atomic mass is 9.67. The number of hydrogen-bond acceptors (Lipinski definition) is 2. The molecule has 1 saturated heterocycles. The number of fused-ring (bicyclic) bond motifs is 1. The number of nitrogens with zero attached hydrogens (tertiary/aromatic N) is 1. The second kappa shape index (κ2) is 7.72. The summed E-state index contributed by atoms with van der Waals surface area (Å²) in [4.78, 5) is 2.62. The van der Waals surface area contributed by atoms with Gasteiger partial charge in [-0.05, 0) is 42.2 Å². The summed E-state index contributed by atoms with van der Waals surface area (Å²) in [5, 5.41) is 9.71. The van der Waals surface area contributed by atoms with E-state index in [-0.39, 0.29) is 6.61 Å². The van der Waals surface area contributed by atoms with E-state index in [0.717, 1.165) is 18.9 Å². The highest BCUT2D eigenvalue weighted by molar-refractivity contribution is 5.27. The monoisotopic (exact) mass is 335 g/mol. The van der Waals surface area contributed by atoms with Gasteiger partial charge in [0.25, 0.3) is 0 Å². The van der Waals surface area contributed by atoms with E-state index in [0.29, 0.717) is 18.0 Å². The molecule has 1 aliphatic carbocycles. The molecule has 0 bridgehead atoms. The van der Waals surface area contributed by atoms with Crippen molar-refractivity contribution in [2.24, 2.45) is 5.92 Å². The Bertz CT molecular complexity index is 656. The number of rotatable bonds is 4. The van der Waals surface area contributed by atoms with E-state index >= 15 is 0 Å². The second-order valence-corrected chi connectivity index (χ2v) is 7.66. The van der Waals surface area contributed by atoms with Gasteiger partial charge in [-0.15, -0.1) is 0 Å². The lowest BCUT2D eigenvalue weighted by Crippen LogP contribution is -2.52. The summed E-state index contributed by atoms with van der Waals surface area (Å²) in [6.45, 7) is 1.05. The molecule has 4 atom stereocenters. The minimum absolute atomic E-state index is 0.253. The molecule has 0 radical (unpaired) electrons. The van der Waals surface area contributed by atoms with E-state index < -0.39 is 0 Å². The lowest BCUT2D eigenvalue weighted by molar-refractivity contribution is -0.0101. The van der Waals surface area contributed by atoms with Crippen molar-refractivity contribution in [2.45, 2.75) is 50.1 Å². The van der Waals surface area contributed by atoms with Crippen molar-refractivity contribution >= 4 is 0 Å². The number of aliphatic hydroxyl groups is 1. The third-order valence-corrected chi connectivity index (χ3v) is 6.37. The third kappa shape index (κ3) is 3.38. The summed E-state index contributed by atoms with van der Waals surface area (Å²) in [5.41, 5.74) is 2.91. The van der Waals surface area contributed by atoms with Crippen molar-refractivity contribution in [3.05, 3.63) is 71.8 Å². The zero-order valence-corrected chi connectivity index (χ0v) is 14.9. The molecule has 1 aliphatic heterocycles. The molecule has 2 aromatic carbocycles. The van der Waals surface area contributed by atoms with Crippen LogP contribution in [0.25, 0.3) is 0 Å². The second-order valence-electron chi connectivity index (χ2n) is 7.66. The van der Waals surface area contributed by atoms with Gasteiger partial charge in [0.15, 0.2) is 0 Å². The summed E-state index contributed by atoms with van der Waals surface area (Å²) in [6.07, 6.45) is 6.44. The normalized spacial score (nSPS) is 30.0. The smallest absolute Gasteiger partial charge is 0.0558 e. The van der Waals surface area contributed by atoms with E-state index in [9.17, 15) is 5.11 Å². The zero-order valence-electron chi connectivity index (χ0n) is 14.9. The average Bonchev–Trinajstić information content (AvgIpc) is 2.70. The Kier molecular flexibility index (Phi) is 5.19. The summed E-state index contributed by atoms with van der Waals surface area (Å²) in [7, 11) is 0. The van der Waals surface area contributed by atoms with E-state index in [2.05, 4.69) is 65.6 Å². The van der Waals surface area contributed by atoms with Gasteiger partial charge >= 0.3 is 0 Å². The maximum absolute atomic E-state index is 9.71. The predicted octanol–water partition coefficient (Wildman–Crippen LogP) is 4.77. The van der Waals surface area contributed by atoms with Crippen LogP contribution in [0.1, 0.15) is 55.2 Å². The summed E-state index contributed by atoms with van der Waals surface area (Å²) in [5.74, 6) is 1.36. The SMILES string of the molecule is OCCN1C(c2ccccc2)CC(c2ccccc2)C2CCCCC21.